The van der Waals surface area contributed by atoms with Gasteiger partial charge in [0.25, 0.3) is 5.91 Å². The third-order valence-electron chi connectivity index (χ3n) is 4.26. The normalized spacial score (nSPS) is 23.2. The smallest absolute Gasteiger partial charge is 0.328 e. The molecule has 2 heterocycles. The number of nitrogens with zero attached hydrogens (tertiary/aromatic N) is 3. The van der Waals surface area contributed by atoms with Crippen LogP contribution in [0.25, 0.3) is 0 Å². The van der Waals surface area contributed by atoms with Crippen molar-refractivity contribution in [2.45, 2.75) is 31.3 Å². The third-order valence-corrected chi connectivity index (χ3v) is 4.26. The summed E-state index contributed by atoms with van der Waals surface area (Å²) in [5.41, 5.74) is 0.656. The minimum Gasteiger partial charge on any atom is -0.480 e. The van der Waals surface area contributed by atoms with Crippen molar-refractivity contribution < 1.29 is 24.6 Å². The van der Waals surface area contributed by atoms with Gasteiger partial charge in [0.15, 0.2) is 6.04 Å². The number of carboxylic acids is 2. The van der Waals surface area contributed by atoms with E-state index in [1.807, 2.05) is 0 Å². The monoisotopic (exact) mass is 331 g/mol. The van der Waals surface area contributed by atoms with Crippen molar-refractivity contribution in [1.29, 1.82) is 0 Å². The Balaban J connectivity index is 1.87. The Hall–Kier alpha value is -2.90. The van der Waals surface area contributed by atoms with Crippen LogP contribution in [0.3, 0.4) is 0 Å². The summed E-state index contributed by atoms with van der Waals surface area (Å²) >= 11 is 0. The van der Waals surface area contributed by atoms with Crippen LogP contribution in [-0.4, -0.2) is 57.3 Å². The highest BCUT2D eigenvalue weighted by Gasteiger charge is 2.41. The fourth-order valence-corrected chi connectivity index (χ4v) is 3.08. The summed E-state index contributed by atoms with van der Waals surface area (Å²) in [6.45, 7) is 0.345. The van der Waals surface area contributed by atoms with E-state index in [1.54, 1.807) is 30.3 Å². The van der Waals surface area contributed by atoms with Crippen LogP contribution >= 0.6 is 0 Å². The number of benzene rings is 1. The first-order valence-electron chi connectivity index (χ1n) is 7.67. The van der Waals surface area contributed by atoms with Crippen LogP contribution in [0.2, 0.25) is 0 Å². The number of hydrogen-bond donors (Lipinski definition) is 2. The highest BCUT2D eigenvalue weighted by atomic mass is 16.4. The summed E-state index contributed by atoms with van der Waals surface area (Å²) in [4.78, 5) is 36.7. The van der Waals surface area contributed by atoms with Gasteiger partial charge in [0.05, 0.1) is 5.69 Å². The maximum absolute atomic E-state index is 12.6. The predicted molar refractivity (Wildman–Crippen MR) is 84.8 cm³/mol. The molecule has 0 saturated carbocycles. The molecule has 8 nitrogen and oxygen atoms in total. The number of anilines is 1. The first-order chi connectivity index (χ1) is 11.5. The lowest BCUT2D eigenvalue weighted by Gasteiger charge is -2.20. The fraction of sp³-hybridized carbons (Fsp3) is 0.375. The number of rotatable bonds is 4. The van der Waals surface area contributed by atoms with Crippen molar-refractivity contribution >= 4 is 29.2 Å². The summed E-state index contributed by atoms with van der Waals surface area (Å²) < 4.78 is 0. The molecular weight excluding hydrogens is 314 g/mol. The molecule has 0 aromatic heterocycles. The lowest BCUT2D eigenvalue weighted by atomic mass is 10.1. The lowest BCUT2D eigenvalue weighted by Crippen LogP contribution is -2.44. The second-order valence-corrected chi connectivity index (χ2v) is 5.78. The minimum atomic E-state index is -1.08. The fourth-order valence-electron chi connectivity index (χ4n) is 3.08. The van der Waals surface area contributed by atoms with Gasteiger partial charge in [0, 0.05) is 13.0 Å². The Morgan fingerprint density at radius 1 is 1.04 bits per heavy atom. The summed E-state index contributed by atoms with van der Waals surface area (Å²) in [7, 11) is 0. The maximum Gasteiger partial charge on any atom is 0.328 e. The van der Waals surface area contributed by atoms with Crippen LogP contribution < -0.4 is 5.01 Å². The van der Waals surface area contributed by atoms with E-state index in [0.717, 1.165) is 0 Å². The molecule has 126 valence electrons. The lowest BCUT2D eigenvalue weighted by molar-refractivity contribution is -0.146. The zero-order valence-corrected chi connectivity index (χ0v) is 12.8. The van der Waals surface area contributed by atoms with Crippen molar-refractivity contribution in [2.24, 2.45) is 5.10 Å². The second-order valence-electron chi connectivity index (χ2n) is 5.78. The van der Waals surface area contributed by atoms with Crippen LogP contribution in [0, 0.1) is 0 Å². The van der Waals surface area contributed by atoms with Crippen molar-refractivity contribution in [3.8, 4) is 0 Å². The van der Waals surface area contributed by atoms with Gasteiger partial charge in [0.2, 0.25) is 0 Å². The number of amides is 1. The number of carbonyl (C=O) groups is 3. The number of hydrogen-bond acceptors (Lipinski definition) is 5. The quantitative estimate of drug-likeness (QED) is 0.843. The van der Waals surface area contributed by atoms with Gasteiger partial charge in [0.1, 0.15) is 11.8 Å². The van der Waals surface area contributed by atoms with Crippen molar-refractivity contribution in [3.05, 3.63) is 30.3 Å². The Kier molecular flexibility index (Phi) is 4.20. The summed E-state index contributed by atoms with van der Waals surface area (Å²) in [6, 6.07) is 6.89. The molecule has 2 N–H and O–H groups in total. The van der Waals surface area contributed by atoms with Crippen LogP contribution in [0.5, 0.6) is 0 Å². The Bertz CT molecular complexity index is 703. The zero-order valence-electron chi connectivity index (χ0n) is 12.8. The van der Waals surface area contributed by atoms with Gasteiger partial charge in [-0.05, 0) is 25.0 Å². The standard InChI is InChI=1S/C16H17N3O5/c20-14(18-8-4-7-12(18)15(21)22)11-9-13(16(23)24)19(17-11)10-5-2-1-3-6-10/h1-3,5-6,12-13H,4,7-9H2,(H,21,22)(H,23,24). The molecule has 0 aliphatic carbocycles. The third kappa shape index (κ3) is 2.82. The number of para-hydroxylation sites is 1. The number of likely N-dealkylation sites (tertiary alicyclic amines) is 1. The highest BCUT2D eigenvalue weighted by Crippen LogP contribution is 2.27. The van der Waals surface area contributed by atoms with E-state index >= 15 is 0 Å². The molecule has 1 fully saturated rings. The van der Waals surface area contributed by atoms with Crippen molar-refractivity contribution in [1.82, 2.24) is 4.90 Å². The number of carbonyl (C=O) groups excluding carboxylic acids is 1. The second kappa shape index (κ2) is 6.31. The molecule has 0 spiro atoms. The molecule has 0 radical (unpaired) electrons. The van der Waals surface area contributed by atoms with Crippen molar-refractivity contribution in [3.63, 3.8) is 0 Å². The molecule has 1 aromatic rings. The Labute approximate surface area is 138 Å². The van der Waals surface area contributed by atoms with E-state index in [9.17, 15) is 24.6 Å². The Morgan fingerprint density at radius 3 is 2.33 bits per heavy atom. The number of hydrazone groups is 1. The van der Waals surface area contributed by atoms with Gasteiger partial charge in [-0.2, -0.15) is 5.10 Å². The molecule has 8 heteroatoms. The SMILES string of the molecule is O=C(O)C1CCCN1C(=O)C1=NN(c2ccccc2)C(C(=O)O)C1. The van der Waals surface area contributed by atoms with Gasteiger partial charge in [-0.15, -0.1) is 0 Å². The van der Waals surface area contributed by atoms with E-state index in [1.165, 1.54) is 9.91 Å². The van der Waals surface area contributed by atoms with E-state index in [4.69, 9.17) is 0 Å². The average molecular weight is 331 g/mol. The minimum absolute atomic E-state index is 0.0497. The molecule has 2 aliphatic rings. The molecule has 2 aliphatic heterocycles. The summed E-state index contributed by atoms with van der Waals surface area (Å²) in [6.07, 6.45) is 0.964. The first-order valence-corrected chi connectivity index (χ1v) is 7.67. The van der Waals surface area contributed by atoms with E-state index in [0.29, 0.717) is 25.1 Å². The molecule has 1 aromatic carbocycles. The molecule has 2 unspecified atom stereocenters. The average Bonchev–Trinajstić information content (AvgIpc) is 3.22. The van der Waals surface area contributed by atoms with Crippen LogP contribution in [0.4, 0.5) is 5.69 Å². The zero-order chi connectivity index (χ0) is 17.3. The topological polar surface area (TPSA) is 111 Å². The van der Waals surface area contributed by atoms with Gasteiger partial charge in [-0.1, -0.05) is 18.2 Å². The number of carboxylic acid groups (broad SMARTS) is 2. The predicted octanol–water partition coefficient (Wildman–Crippen LogP) is 0.781. The molecule has 1 saturated heterocycles. The van der Waals surface area contributed by atoms with Crippen LogP contribution in [0.15, 0.2) is 35.4 Å². The van der Waals surface area contributed by atoms with E-state index < -0.39 is 29.9 Å². The van der Waals surface area contributed by atoms with Gasteiger partial charge in [-0.25, -0.2) is 9.59 Å². The molecular formula is C16H17N3O5. The van der Waals surface area contributed by atoms with Crippen LogP contribution in [-0.2, 0) is 14.4 Å². The highest BCUT2D eigenvalue weighted by molar-refractivity contribution is 6.40. The van der Waals surface area contributed by atoms with Crippen molar-refractivity contribution in [2.75, 3.05) is 11.6 Å². The number of aliphatic carboxylic acids is 2. The molecule has 24 heavy (non-hydrogen) atoms. The van der Waals surface area contributed by atoms with Gasteiger partial charge >= 0.3 is 11.9 Å². The van der Waals surface area contributed by atoms with Gasteiger partial charge < -0.3 is 15.1 Å². The molecule has 3 rings (SSSR count). The molecule has 0 bridgehead atoms. The largest absolute Gasteiger partial charge is 0.480 e. The Morgan fingerprint density at radius 2 is 1.71 bits per heavy atom. The van der Waals surface area contributed by atoms with Gasteiger partial charge in [-0.3, -0.25) is 9.80 Å². The molecule has 1 amide bonds. The summed E-state index contributed by atoms with van der Waals surface area (Å²) in [5, 5.41) is 24.1. The first kappa shape index (κ1) is 16.0. The summed E-state index contributed by atoms with van der Waals surface area (Å²) in [5.74, 6) is -2.62. The van der Waals surface area contributed by atoms with E-state index in [2.05, 4.69) is 5.10 Å². The van der Waals surface area contributed by atoms with Crippen LogP contribution in [0.1, 0.15) is 19.3 Å². The molecule has 2 atom stereocenters. The van der Waals surface area contributed by atoms with E-state index in [-0.39, 0.29) is 12.1 Å². The maximum atomic E-state index is 12.6.